The predicted molar refractivity (Wildman–Crippen MR) is 49.8 cm³/mol. The normalized spacial score (nSPS) is 13.0. The second-order valence-corrected chi connectivity index (χ2v) is 3.35. The molecule has 1 nitrogen and oxygen atoms in total. The van der Waals surface area contributed by atoms with E-state index in [2.05, 4.69) is 15.9 Å². The molecule has 0 fully saturated rings. The number of halogens is 2. The molecule has 1 N–H and O–H groups in total. The second kappa shape index (κ2) is 4.10. The number of rotatable bonds is 2. The summed E-state index contributed by atoms with van der Waals surface area (Å²) in [5, 5.41) is 9.35. The van der Waals surface area contributed by atoms with E-state index < -0.39 is 6.10 Å². The van der Waals surface area contributed by atoms with Gasteiger partial charge in [0.05, 0.1) is 12.0 Å². The van der Waals surface area contributed by atoms with E-state index in [1.807, 2.05) is 24.3 Å². The van der Waals surface area contributed by atoms with Crippen LogP contribution in [0.25, 0.3) is 0 Å². The van der Waals surface area contributed by atoms with Crippen LogP contribution in [0.4, 0.5) is 0 Å². The van der Waals surface area contributed by atoms with Gasteiger partial charge in [-0.15, -0.1) is 11.6 Å². The summed E-state index contributed by atoms with van der Waals surface area (Å²) < 4.78 is 0.896. The second-order valence-electron chi connectivity index (χ2n) is 2.19. The SMILES string of the molecule is O[C@H](CCl)c1ccccc1Br. The average Bonchev–Trinajstić information content (AvgIpc) is 2.04. The lowest BCUT2D eigenvalue weighted by molar-refractivity contribution is 0.202. The molecule has 3 heteroatoms. The van der Waals surface area contributed by atoms with Crippen molar-refractivity contribution < 1.29 is 5.11 Å². The molecule has 0 unspecified atom stereocenters. The minimum atomic E-state index is -0.577. The predicted octanol–water partition coefficient (Wildman–Crippen LogP) is 2.72. The first-order valence-electron chi connectivity index (χ1n) is 3.24. The summed E-state index contributed by atoms with van der Waals surface area (Å²) in [6.07, 6.45) is -0.577. The Kier molecular flexibility index (Phi) is 3.37. The van der Waals surface area contributed by atoms with Crippen LogP contribution in [0.3, 0.4) is 0 Å². The molecular formula is C8H8BrClO. The summed E-state index contributed by atoms with van der Waals surface area (Å²) in [5.41, 5.74) is 0.836. The van der Waals surface area contributed by atoms with Gasteiger partial charge in [0.15, 0.2) is 0 Å². The first kappa shape index (κ1) is 9.04. The van der Waals surface area contributed by atoms with Gasteiger partial charge < -0.3 is 5.11 Å². The molecule has 0 radical (unpaired) electrons. The van der Waals surface area contributed by atoms with E-state index in [-0.39, 0.29) is 5.88 Å². The molecule has 0 spiro atoms. The minimum Gasteiger partial charge on any atom is -0.387 e. The topological polar surface area (TPSA) is 20.2 Å². The van der Waals surface area contributed by atoms with Crippen LogP contribution in [0.1, 0.15) is 11.7 Å². The maximum Gasteiger partial charge on any atom is 0.0936 e. The van der Waals surface area contributed by atoms with E-state index in [0.29, 0.717) is 0 Å². The van der Waals surface area contributed by atoms with Gasteiger partial charge in [0.1, 0.15) is 0 Å². The molecule has 0 aromatic heterocycles. The van der Waals surface area contributed by atoms with Crippen molar-refractivity contribution in [2.24, 2.45) is 0 Å². The Morgan fingerprint density at radius 3 is 2.64 bits per heavy atom. The molecular weight excluding hydrogens is 227 g/mol. The number of hydrogen-bond donors (Lipinski definition) is 1. The van der Waals surface area contributed by atoms with Crippen molar-refractivity contribution in [2.45, 2.75) is 6.10 Å². The van der Waals surface area contributed by atoms with Crippen LogP contribution >= 0.6 is 27.5 Å². The van der Waals surface area contributed by atoms with Crippen LogP contribution in [0, 0.1) is 0 Å². The van der Waals surface area contributed by atoms with Crippen molar-refractivity contribution in [3.63, 3.8) is 0 Å². The molecule has 0 saturated carbocycles. The van der Waals surface area contributed by atoms with Crippen LogP contribution in [-0.4, -0.2) is 11.0 Å². The van der Waals surface area contributed by atoms with Gasteiger partial charge in [0, 0.05) is 4.47 Å². The Balaban J connectivity index is 2.93. The van der Waals surface area contributed by atoms with Gasteiger partial charge in [-0.25, -0.2) is 0 Å². The van der Waals surface area contributed by atoms with Gasteiger partial charge in [-0.3, -0.25) is 0 Å². The molecule has 0 amide bonds. The lowest BCUT2D eigenvalue weighted by Gasteiger charge is -2.08. The lowest BCUT2D eigenvalue weighted by atomic mass is 10.1. The van der Waals surface area contributed by atoms with E-state index in [1.54, 1.807) is 0 Å². The van der Waals surface area contributed by atoms with Crippen LogP contribution in [0.2, 0.25) is 0 Å². The molecule has 0 aliphatic rings. The third kappa shape index (κ3) is 2.19. The Bertz CT molecular complexity index is 239. The molecule has 1 rings (SSSR count). The summed E-state index contributed by atoms with van der Waals surface area (Å²) in [4.78, 5) is 0. The van der Waals surface area contributed by atoms with E-state index in [0.717, 1.165) is 10.0 Å². The van der Waals surface area contributed by atoms with E-state index in [9.17, 15) is 5.11 Å². The van der Waals surface area contributed by atoms with Crippen LogP contribution in [0.15, 0.2) is 28.7 Å². The van der Waals surface area contributed by atoms with Gasteiger partial charge >= 0.3 is 0 Å². The first-order chi connectivity index (χ1) is 5.25. The van der Waals surface area contributed by atoms with Gasteiger partial charge in [0.25, 0.3) is 0 Å². The molecule has 1 atom stereocenters. The quantitative estimate of drug-likeness (QED) is 0.782. The Labute approximate surface area is 79.1 Å². The van der Waals surface area contributed by atoms with Crippen LogP contribution in [-0.2, 0) is 0 Å². The first-order valence-corrected chi connectivity index (χ1v) is 4.57. The van der Waals surface area contributed by atoms with Crippen molar-refractivity contribution >= 4 is 27.5 Å². The Morgan fingerprint density at radius 2 is 2.09 bits per heavy atom. The summed E-state index contributed by atoms with van der Waals surface area (Å²) in [5.74, 6) is 0.225. The molecule has 0 saturated heterocycles. The molecule has 60 valence electrons. The van der Waals surface area contributed by atoms with Crippen molar-refractivity contribution in [1.82, 2.24) is 0 Å². The van der Waals surface area contributed by atoms with Crippen molar-refractivity contribution in [3.8, 4) is 0 Å². The standard InChI is InChI=1S/C8H8BrClO/c9-7-4-2-1-3-6(7)8(11)5-10/h1-4,8,11H,5H2/t8-/m1/s1. The Morgan fingerprint density at radius 1 is 1.45 bits per heavy atom. The number of aliphatic hydroxyl groups is 1. The maximum absolute atomic E-state index is 9.35. The van der Waals surface area contributed by atoms with E-state index in [4.69, 9.17) is 11.6 Å². The van der Waals surface area contributed by atoms with E-state index >= 15 is 0 Å². The van der Waals surface area contributed by atoms with Gasteiger partial charge in [-0.1, -0.05) is 34.1 Å². The van der Waals surface area contributed by atoms with Gasteiger partial charge in [0.2, 0.25) is 0 Å². The number of aliphatic hydroxyl groups excluding tert-OH is 1. The zero-order chi connectivity index (χ0) is 8.27. The average molecular weight is 236 g/mol. The van der Waals surface area contributed by atoms with Gasteiger partial charge in [-0.2, -0.15) is 0 Å². The smallest absolute Gasteiger partial charge is 0.0936 e. The third-order valence-electron chi connectivity index (χ3n) is 1.41. The molecule has 0 aliphatic carbocycles. The molecule has 11 heavy (non-hydrogen) atoms. The summed E-state index contributed by atoms with van der Waals surface area (Å²) in [6, 6.07) is 7.49. The number of hydrogen-bond acceptors (Lipinski definition) is 1. The highest BCUT2D eigenvalue weighted by Crippen LogP contribution is 2.23. The zero-order valence-corrected chi connectivity index (χ0v) is 8.14. The van der Waals surface area contributed by atoms with Gasteiger partial charge in [-0.05, 0) is 11.6 Å². The molecule has 0 aliphatic heterocycles. The Hall–Kier alpha value is -0.0500. The highest BCUT2D eigenvalue weighted by molar-refractivity contribution is 9.10. The van der Waals surface area contributed by atoms with E-state index in [1.165, 1.54) is 0 Å². The van der Waals surface area contributed by atoms with Crippen molar-refractivity contribution in [2.75, 3.05) is 5.88 Å². The molecule has 1 aromatic carbocycles. The van der Waals surface area contributed by atoms with Crippen molar-refractivity contribution in [3.05, 3.63) is 34.3 Å². The summed E-state index contributed by atoms with van der Waals surface area (Å²) >= 11 is 8.81. The number of benzene rings is 1. The van der Waals surface area contributed by atoms with Crippen molar-refractivity contribution in [1.29, 1.82) is 0 Å². The summed E-state index contributed by atoms with van der Waals surface area (Å²) in [7, 11) is 0. The molecule has 1 aromatic rings. The largest absolute Gasteiger partial charge is 0.387 e. The molecule has 0 heterocycles. The fourth-order valence-corrected chi connectivity index (χ4v) is 1.54. The third-order valence-corrected chi connectivity index (χ3v) is 2.42. The maximum atomic E-state index is 9.35. The zero-order valence-electron chi connectivity index (χ0n) is 5.80. The fourth-order valence-electron chi connectivity index (χ4n) is 0.828. The van der Waals surface area contributed by atoms with Crippen LogP contribution in [0.5, 0.6) is 0 Å². The highest BCUT2D eigenvalue weighted by Gasteiger charge is 2.07. The fraction of sp³-hybridized carbons (Fsp3) is 0.250. The van der Waals surface area contributed by atoms with Crippen LogP contribution < -0.4 is 0 Å². The minimum absolute atomic E-state index is 0.225. The monoisotopic (exact) mass is 234 g/mol. The highest BCUT2D eigenvalue weighted by atomic mass is 79.9. The molecule has 0 bridgehead atoms. The lowest BCUT2D eigenvalue weighted by Crippen LogP contribution is -1.98. The summed E-state index contributed by atoms with van der Waals surface area (Å²) in [6.45, 7) is 0. The number of alkyl halides is 1.